The van der Waals surface area contributed by atoms with Crippen LogP contribution < -0.4 is 16.0 Å². The summed E-state index contributed by atoms with van der Waals surface area (Å²) in [4.78, 5) is 23.2. The lowest BCUT2D eigenvalue weighted by molar-refractivity contribution is -0.118. The minimum atomic E-state index is -0.461. The molecule has 1 heterocycles. The van der Waals surface area contributed by atoms with Crippen molar-refractivity contribution >= 4 is 23.2 Å². The van der Waals surface area contributed by atoms with E-state index in [4.69, 9.17) is 0 Å². The zero-order valence-corrected chi connectivity index (χ0v) is 11.3. The third-order valence-corrected chi connectivity index (χ3v) is 3.18. The molecule has 2 amide bonds. The van der Waals surface area contributed by atoms with Crippen LogP contribution in [-0.2, 0) is 9.59 Å². The smallest absolute Gasteiger partial charge is 0.241 e. The second-order valence-corrected chi connectivity index (χ2v) is 4.82. The van der Waals surface area contributed by atoms with Gasteiger partial charge in [0.15, 0.2) is 0 Å². The van der Waals surface area contributed by atoms with Crippen molar-refractivity contribution in [2.75, 3.05) is 17.2 Å². The van der Waals surface area contributed by atoms with Gasteiger partial charge in [0, 0.05) is 24.3 Å². The van der Waals surface area contributed by atoms with E-state index in [1.54, 1.807) is 31.2 Å². The molecule has 0 bridgehead atoms. The number of β-amino-alcohol motifs (C(OH)–C–C–N with tert-alkyl or cyclic N) is 1. The summed E-state index contributed by atoms with van der Waals surface area (Å²) >= 11 is 0. The van der Waals surface area contributed by atoms with Crippen molar-refractivity contribution in [1.29, 1.82) is 0 Å². The number of hydrogen-bond acceptors (Lipinski definition) is 4. The van der Waals surface area contributed by atoms with E-state index in [9.17, 15) is 14.7 Å². The molecule has 20 heavy (non-hydrogen) atoms. The second-order valence-electron chi connectivity index (χ2n) is 4.82. The van der Waals surface area contributed by atoms with Crippen LogP contribution in [0.3, 0.4) is 0 Å². The Kier molecular flexibility index (Phi) is 4.70. The van der Waals surface area contributed by atoms with E-state index < -0.39 is 6.10 Å². The first-order valence-corrected chi connectivity index (χ1v) is 6.70. The maximum absolute atomic E-state index is 11.9. The van der Waals surface area contributed by atoms with E-state index in [2.05, 4.69) is 16.0 Å². The molecule has 2 rings (SSSR count). The Morgan fingerprint density at radius 1 is 1.25 bits per heavy atom. The van der Waals surface area contributed by atoms with Crippen LogP contribution in [0.2, 0.25) is 0 Å². The first-order chi connectivity index (χ1) is 9.58. The Balaban J connectivity index is 1.90. The van der Waals surface area contributed by atoms with Gasteiger partial charge in [0.05, 0.1) is 12.1 Å². The molecule has 1 aliphatic rings. The van der Waals surface area contributed by atoms with Crippen LogP contribution in [0.4, 0.5) is 11.4 Å². The lowest BCUT2D eigenvalue weighted by atomic mass is 10.2. The quantitative estimate of drug-likeness (QED) is 0.652. The minimum Gasteiger partial charge on any atom is -0.392 e. The Labute approximate surface area is 117 Å². The standard InChI is InChI=1S/C14H19N3O3/c1-2-13(19)16-9-3-5-10(6-4-9)17-14(20)12-7-11(18)8-15-12/h3-6,11-12,15,18H,2,7-8H2,1H3,(H,16,19)(H,17,20). The summed E-state index contributed by atoms with van der Waals surface area (Å²) in [6.07, 6.45) is 0.391. The zero-order valence-electron chi connectivity index (χ0n) is 11.3. The molecule has 4 N–H and O–H groups in total. The van der Waals surface area contributed by atoms with Crippen molar-refractivity contribution in [3.05, 3.63) is 24.3 Å². The predicted octanol–water partition coefficient (Wildman–Crippen LogP) is 0.696. The Bertz CT molecular complexity index is 487. The summed E-state index contributed by atoms with van der Waals surface area (Å²) in [6.45, 7) is 2.23. The highest BCUT2D eigenvalue weighted by Crippen LogP contribution is 2.15. The third kappa shape index (κ3) is 3.79. The highest BCUT2D eigenvalue weighted by Gasteiger charge is 2.27. The van der Waals surface area contributed by atoms with Gasteiger partial charge >= 0.3 is 0 Å². The SMILES string of the molecule is CCC(=O)Nc1ccc(NC(=O)C2CC(O)CN2)cc1. The number of hydrogen-bond donors (Lipinski definition) is 4. The normalized spacial score (nSPS) is 21.5. The zero-order chi connectivity index (χ0) is 14.5. The molecule has 1 aromatic carbocycles. The van der Waals surface area contributed by atoms with Gasteiger partial charge in [-0.25, -0.2) is 0 Å². The van der Waals surface area contributed by atoms with Crippen molar-refractivity contribution in [2.24, 2.45) is 0 Å². The number of aliphatic hydroxyl groups excluding tert-OH is 1. The third-order valence-electron chi connectivity index (χ3n) is 3.18. The molecule has 0 saturated carbocycles. The van der Waals surface area contributed by atoms with E-state index in [-0.39, 0.29) is 17.9 Å². The lowest BCUT2D eigenvalue weighted by Gasteiger charge is -2.11. The van der Waals surface area contributed by atoms with Crippen molar-refractivity contribution in [3.63, 3.8) is 0 Å². The molecule has 0 radical (unpaired) electrons. The predicted molar refractivity (Wildman–Crippen MR) is 76.4 cm³/mol. The summed E-state index contributed by atoms with van der Waals surface area (Å²) in [5.74, 6) is -0.210. The maximum Gasteiger partial charge on any atom is 0.241 e. The molecule has 6 heteroatoms. The highest BCUT2D eigenvalue weighted by molar-refractivity contribution is 5.95. The summed E-state index contributed by atoms with van der Waals surface area (Å²) in [5, 5.41) is 17.8. The maximum atomic E-state index is 11.9. The van der Waals surface area contributed by atoms with E-state index in [1.165, 1.54) is 0 Å². The molecule has 1 aliphatic heterocycles. The van der Waals surface area contributed by atoms with Gasteiger partial charge in [-0.15, -0.1) is 0 Å². The monoisotopic (exact) mass is 277 g/mol. The number of amides is 2. The van der Waals surface area contributed by atoms with Crippen molar-refractivity contribution in [1.82, 2.24) is 5.32 Å². The Morgan fingerprint density at radius 2 is 1.85 bits per heavy atom. The van der Waals surface area contributed by atoms with Gasteiger partial charge in [0.1, 0.15) is 0 Å². The molecule has 2 atom stereocenters. The summed E-state index contributed by atoms with van der Waals surface area (Å²) in [7, 11) is 0. The van der Waals surface area contributed by atoms with E-state index in [0.29, 0.717) is 30.8 Å². The average Bonchev–Trinajstić information content (AvgIpc) is 2.87. The number of aliphatic hydroxyl groups is 1. The summed E-state index contributed by atoms with van der Waals surface area (Å²) in [6, 6.07) is 6.58. The van der Waals surface area contributed by atoms with Crippen LogP contribution in [-0.4, -0.2) is 35.6 Å². The van der Waals surface area contributed by atoms with Crippen LogP contribution >= 0.6 is 0 Å². The first-order valence-electron chi connectivity index (χ1n) is 6.70. The topological polar surface area (TPSA) is 90.5 Å². The van der Waals surface area contributed by atoms with Gasteiger partial charge in [0.2, 0.25) is 11.8 Å². The van der Waals surface area contributed by atoms with E-state index in [0.717, 1.165) is 0 Å². The van der Waals surface area contributed by atoms with Crippen molar-refractivity contribution in [3.8, 4) is 0 Å². The number of rotatable bonds is 4. The molecule has 1 saturated heterocycles. The van der Waals surface area contributed by atoms with Crippen LogP contribution in [0.1, 0.15) is 19.8 Å². The number of carbonyl (C=O) groups excluding carboxylic acids is 2. The number of carbonyl (C=O) groups is 2. The molecule has 0 aromatic heterocycles. The van der Waals surface area contributed by atoms with Gasteiger partial charge in [-0.05, 0) is 30.7 Å². The summed E-state index contributed by atoms with van der Waals surface area (Å²) < 4.78 is 0. The van der Waals surface area contributed by atoms with Gasteiger partial charge in [-0.1, -0.05) is 6.92 Å². The first kappa shape index (κ1) is 14.5. The highest BCUT2D eigenvalue weighted by atomic mass is 16.3. The van der Waals surface area contributed by atoms with Gasteiger partial charge in [-0.3, -0.25) is 9.59 Å². The molecule has 1 fully saturated rings. The second kappa shape index (κ2) is 6.49. The summed E-state index contributed by atoms with van der Waals surface area (Å²) in [5.41, 5.74) is 1.36. The van der Waals surface area contributed by atoms with Gasteiger partial charge < -0.3 is 21.1 Å². The average molecular weight is 277 g/mol. The molecule has 1 aromatic rings. The van der Waals surface area contributed by atoms with Crippen molar-refractivity contribution in [2.45, 2.75) is 31.9 Å². The lowest BCUT2D eigenvalue weighted by Crippen LogP contribution is -2.35. The molecular formula is C14H19N3O3. The minimum absolute atomic E-state index is 0.0501. The molecule has 2 unspecified atom stereocenters. The van der Waals surface area contributed by atoms with Crippen LogP contribution in [0.25, 0.3) is 0 Å². The van der Waals surface area contributed by atoms with Crippen LogP contribution in [0, 0.1) is 0 Å². The number of nitrogens with one attached hydrogen (secondary N) is 3. The van der Waals surface area contributed by atoms with Crippen molar-refractivity contribution < 1.29 is 14.7 Å². The van der Waals surface area contributed by atoms with E-state index in [1.807, 2.05) is 0 Å². The molecule has 0 spiro atoms. The van der Waals surface area contributed by atoms with Crippen LogP contribution in [0.15, 0.2) is 24.3 Å². The molecular weight excluding hydrogens is 258 g/mol. The number of anilines is 2. The van der Waals surface area contributed by atoms with Gasteiger partial charge in [-0.2, -0.15) is 0 Å². The Hall–Kier alpha value is -1.92. The fourth-order valence-corrected chi connectivity index (χ4v) is 2.03. The molecule has 0 aliphatic carbocycles. The molecule has 108 valence electrons. The number of benzene rings is 1. The Morgan fingerprint density at radius 3 is 2.35 bits per heavy atom. The fraction of sp³-hybridized carbons (Fsp3) is 0.429. The fourth-order valence-electron chi connectivity index (χ4n) is 2.03. The molecule has 6 nitrogen and oxygen atoms in total. The van der Waals surface area contributed by atoms with E-state index >= 15 is 0 Å². The van der Waals surface area contributed by atoms with Crippen LogP contribution in [0.5, 0.6) is 0 Å². The van der Waals surface area contributed by atoms with Gasteiger partial charge in [0.25, 0.3) is 0 Å². The largest absolute Gasteiger partial charge is 0.392 e.